The number of hydrogen-bond acceptors (Lipinski definition) is 1. The molecule has 0 unspecified atom stereocenters. The van der Waals surface area contributed by atoms with Crippen LogP contribution < -0.4 is 0 Å². The fourth-order valence-electron chi connectivity index (χ4n) is 2.39. The quantitative estimate of drug-likeness (QED) is 0.585. The second-order valence-corrected chi connectivity index (χ2v) is 4.55. The molecule has 2 rings (SSSR count). The molecule has 1 fully saturated rings. The largest absolute Gasteiger partial charge is 0.342 e. The van der Waals surface area contributed by atoms with Gasteiger partial charge in [-0.25, -0.2) is 0 Å². The summed E-state index contributed by atoms with van der Waals surface area (Å²) in [6.07, 6.45) is 7.80. The second kappa shape index (κ2) is 4.16. The zero-order chi connectivity index (χ0) is 9.97. The summed E-state index contributed by atoms with van der Waals surface area (Å²) in [5.41, 5.74) is 1.45. The summed E-state index contributed by atoms with van der Waals surface area (Å²) in [5.74, 6) is 0.697. The smallest absolute Gasteiger partial charge is 0.226 e. The first kappa shape index (κ1) is 9.75. The monoisotopic (exact) mass is 193 g/mol. The second-order valence-electron chi connectivity index (χ2n) is 4.55. The van der Waals surface area contributed by atoms with E-state index in [-0.39, 0.29) is 5.92 Å². The van der Waals surface area contributed by atoms with Gasteiger partial charge >= 0.3 is 0 Å². The van der Waals surface area contributed by atoms with Crippen molar-refractivity contribution in [3.63, 3.8) is 0 Å². The first-order valence-electron chi connectivity index (χ1n) is 5.72. The van der Waals surface area contributed by atoms with E-state index >= 15 is 0 Å². The molecular formula is C12H19NO. The highest BCUT2D eigenvalue weighted by molar-refractivity contribution is 5.79. The van der Waals surface area contributed by atoms with Gasteiger partial charge in [-0.15, -0.1) is 0 Å². The van der Waals surface area contributed by atoms with Gasteiger partial charge in [0.05, 0.1) is 0 Å². The van der Waals surface area contributed by atoms with E-state index in [1.165, 1.54) is 18.4 Å². The van der Waals surface area contributed by atoms with E-state index in [2.05, 4.69) is 17.9 Å². The molecule has 1 atom stereocenters. The molecule has 1 heterocycles. The lowest BCUT2D eigenvalue weighted by molar-refractivity contribution is -0.134. The highest BCUT2D eigenvalue weighted by Gasteiger charge is 2.26. The molecule has 0 N–H and O–H groups in total. The predicted octanol–water partition coefficient (Wildman–Crippen LogP) is 2.36. The van der Waals surface area contributed by atoms with E-state index < -0.39 is 0 Å². The molecule has 1 aliphatic heterocycles. The van der Waals surface area contributed by atoms with Crippen LogP contribution in [0.4, 0.5) is 0 Å². The zero-order valence-corrected chi connectivity index (χ0v) is 8.96. The van der Waals surface area contributed by atoms with Crippen molar-refractivity contribution in [3.8, 4) is 0 Å². The van der Waals surface area contributed by atoms with Gasteiger partial charge in [-0.1, -0.05) is 11.6 Å². The van der Waals surface area contributed by atoms with Crippen LogP contribution in [0, 0.1) is 5.92 Å². The zero-order valence-electron chi connectivity index (χ0n) is 8.96. The Balaban J connectivity index is 1.92. The van der Waals surface area contributed by atoms with Crippen LogP contribution in [-0.2, 0) is 4.79 Å². The van der Waals surface area contributed by atoms with Crippen LogP contribution in [0.25, 0.3) is 0 Å². The molecule has 0 saturated carbocycles. The molecule has 78 valence electrons. The highest BCUT2D eigenvalue weighted by Crippen LogP contribution is 2.26. The van der Waals surface area contributed by atoms with E-state index in [1.807, 2.05) is 0 Å². The van der Waals surface area contributed by atoms with E-state index in [9.17, 15) is 4.79 Å². The van der Waals surface area contributed by atoms with Gasteiger partial charge in [0, 0.05) is 19.0 Å². The van der Waals surface area contributed by atoms with Crippen molar-refractivity contribution >= 4 is 5.91 Å². The van der Waals surface area contributed by atoms with Crippen molar-refractivity contribution in [1.82, 2.24) is 4.90 Å². The van der Waals surface area contributed by atoms with Crippen molar-refractivity contribution in [2.24, 2.45) is 5.92 Å². The summed E-state index contributed by atoms with van der Waals surface area (Å²) in [4.78, 5) is 14.1. The molecule has 1 saturated heterocycles. The van der Waals surface area contributed by atoms with Gasteiger partial charge in [0.1, 0.15) is 0 Å². The fourth-order valence-corrected chi connectivity index (χ4v) is 2.39. The summed E-state index contributed by atoms with van der Waals surface area (Å²) < 4.78 is 0. The van der Waals surface area contributed by atoms with Gasteiger partial charge in [-0.05, 0) is 39.0 Å². The molecule has 0 spiro atoms. The first-order valence-corrected chi connectivity index (χ1v) is 5.72. The van der Waals surface area contributed by atoms with Crippen LogP contribution in [0.2, 0.25) is 0 Å². The lowest BCUT2D eigenvalue weighted by Crippen LogP contribution is -2.34. The van der Waals surface area contributed by atoms with Crippen molar-refractivity contribution in [2.75, 3.05) is 13.1 Å². The number of carbonyl (C=O) groups excluding carboxylic acids is 1. The van der Waals surface area contributed by atoms with E-state index in [1.54, 1.807) is 0 Å². The minimum absolute atomic E-state index is 0.289. The maximum absolute atomic E-state index is 12.0. The van der Waals surface area contributed by atoms with E-state index in [0.717, 1.165) is 32.4 Å². The van der Waals surface area contributed by atoms with Gasteiger partial charge in [-0.3, -0.25) is 4.79 Å². The summed E-state index contributed by atoms with van der Waals surface area (Å²) in [5, 5.41) is 0. The molecule has 2 nitrogen and oxygen atoms in total. The Hall–Kier alpha value is -0.790. The van der Waals surface area contributed by atoms with E-state index in [4.69, 9.17) is 0 Å². The number of carbonyl (C=O) groups is 1. The van der Waals surface area contributed by atoms with Gasteiger partial charge in [0.15, 0.2) is 0 Å². The molecule has 1 aliphatic carbocycles. The lowest BCUT2D eigenvalue weighted by Gasteiger charge is -2.25. The Kier molecular flexibility index (Phi) is 2.90. The number of nitrogens with zero attached hydrogens (tertiary/aromatic N) is 1. The van der Waals surface area contributed by atoms with Crippen LogP contribution in [0.15, 0.2) is 11.6 Å². The minimum atomic E-state index is 0.289. The van der Waals surface area contributed by atoms with Gasteiger partial charge < -0.3 is 4.90 Å². The average molecular weight is 193 g/mol. The minimum Gasteiger partial charge on any atom is -0.342 e. The number of hydrogen-bond donors (Lipinski definition) is 0. The lowest BCUT2D eigenvalue weighted by atomic mass is 9.89. The van der Waals surface area contributed by atoms with Crippen LogP contribution in [-0.4, -0.2) is 23.9 Å². The summed E-state index contributed by atoms with van der Waals surface area (Å²) in [7, 11) is 0. The Morgan fingerprint density at radius 2 is 2.14 bits per heavy atom. The standard InChI is InChI=1S/C12H19NO/c1-10-4-6-11(7-5-10)12(14)13-8-2-3-9-13/h4,11H,2-3,5-9H2,1H3/t11-/m0/s1. The van der Waals surface area contributed by atoms with Crippen LogP contribution in [0.1, 0.15) is 39.0 Å². The van der Waals surface area contributed by atoms with Crippen molar-refractivity contribution in [3.05, 3.63) is 11.6 Å². The van der Waals surface area contributed by atoms with Crippen molar-refractivity contribution in [2.45, 2.75) is 39.0 Å². The van der Waals surface area contributed by atoms with E-state index in [0.29, 0.717) is 5.91 Å². The Morgan fingerprint density at radius 1 is 1.43 bits per heavy atom. The maximum atomic E-state index is 12.0. The molecule has 0 aromatic rings. The molecule has 2 aliphatic rings. The van der Waals surface area contributed by atoms with Gasteiger partial charge in [-0.2, -0.15) is 0 Å². The Labute approximate surface area is 86.0 Å². The molecule has 1 amide bonds. The third-order valence-electron chi connectivity index (χ3n) is 3.40. The van der Waals surface area contributed by atoms with Gasteiger partial charge in [0.2, 0.25) is 5.91 Å². The SMILES string of the molecule is CC1=CC[C@H](C(=O)N2CCCC2)CC1. The highest BCUT2D eigenvalue weighted by atomic mass is 16.2. The molecule has 0 bridgehead atoms. The normalized spacial score (nSPS) is 27.6. The number of rotatable bonds is 1. The molecule has 14 heavy (non-hydrogen) atoms. The molecule has 0 aromatic carbocycles. The maximum Gasteiger partial charge on any atom is 0.226 e. The fraction of sp³-hybridized carbons (Fsp3) is 0.750. The molecule has 0 aromatic heterocycles. The topological polar surface area (TPSA) is 20.3 Å². The Morgan fingerprint density at radius 3 is 2.71 bits per heavy atom. The third kappa shape index (κ3) is 1.99. The Bertz CT molecular complexity index is 251. The predicted molar refractivity (Wildman–Crippen MR) is 56.9 cm³/mol. The molecule has 0 radical (unpaired) electrons. The average Bonchev–Trinajstić information content (AvgIpc) is 2.71. The third-order valence-corrected chi connectivity index (χ3v) is 3.40. The summed E-state index contributed by atoms with van der Waals surface area (Å²) in [6, 6.07) is 0. The van der Waals surface area contributed by atoms with Crippen LogP contribution >= 0.6 is 0 Å². The number of amides is 1. The van der Waals surface area contributed by atoms with Crippen molar-refractivity contribution in [1.29, 1.82) is 0 Å². The number of allylic oxidation sites excluding steroid dienone is 2. The first-order chi connectivity index (χ1) is 6.77. The van der Waals surface area contributed by atoms with Crippen LogP contribution in [0.5, 0.6) is 0 Å². The number of likely N-dealkylation sites (tertiary alicyclic amines) is 1. The van der Waals surface area contributed by atoms with Crippen molar-refractivity contribution < 1.29 is 4.79 Å². The van der Waals surface area contributed by atoms with Crippen LogP contribution in [0.3, 0.4) is 0 Å². The van der Waals surface area contributed by atoms with Gasteiger partial charge in [0.25, 0.3) is 0 Å². The molecular weight excluding hydrogens is 174 g/mol. The summed E-state index contributed by atoms with van der Waals surface area (Å²) >= 11 is 0. The summed E-state index contributed by atoms with van der Waals surface area (Å²) in [6.45, 7) is 4.16. The molecule has 2 heteroatoms.